The summed E-state index contributed by atoms with van der Waals surface area (Å²) in [7, 11) is 4.68. The van der Waals surface area contributed by atoms with E-state index in [0.717, 1.165) is 5.69 Å². The number of fused-ring (bicyclic) bond motifs is 1. The fourth-order valence-electron chi connectivity index (χ4n) is 3.98. The number of amides is 2. The number of hydrogen-bond acceptors (Lipinski definition) is 10. The van der Waals surface area contributed by atoms with Gasteiger partial charge < -0.3 is 24.6 Å². The van der Waals surface area contributed by atoms with E-state index in [-0.39, 0.29) is 46.1 Å². The Morgan fingerprint density at radius 3 is 2.37 bits per heavy atom. The maximum Gasteiger partial charge on any atom is 0.254 e. The van der Waals surface area contributed by atoms with Crippen molar-refractivity contribution in [1.82, 2.24) is 4.90 Å². The minimum Gasteiger partial charge on any atom is -0.383 e. The number of carbonyl (C=O) groups is 3. The van der Waals surface area contributed by atoms with Gasteiger partial charge in [-0.25, -0.2) is 0 Å². The van der Waals surface area contributed by atoms with Crippen LogP contribution in [-0.4, -0.2) is 76.6 Å². The van der Waals surface area contributed by atoms with Crippen molar-refractivity contribution in [2.24, 2.45) is 10.2 Å². The van der Waals surface area contributed by atoms with E-state index < -0.39 is 11.7 Å². The second-order valence-corrected chi connectivity index (χ2v) is 8.43. The van der Waals surface area contributed by atoms with Crippen LogP contribution in [0.2, 0.25) is 0 Å². The Kier molecular flexibility index (Phi) is 9.22. The molecular formula is C26H27N7O5. The first-order valence-electron chi connectivity index (χ1n) is 11.6. The van der Waals surface area contributed by atoms with Crippen molar-refractivity contribution in [2.45, 2.75) is 6.92 Å². The molecule has 196 valence electrons. The molecule has 0 atom stereocenters. The predicted octanol–water partition coefficient (Wildman–Crippen LogP) is 3.17. The number of benzene rings is 2. The lowest BCUT2D eigenvalue weighted by atomic mass is 9.90. The Labute approximate surface area is 220 Å². The van der Waals surface area contributed by atoms with E-state index in [1.165, 1.54) is 24.9 Å². The van der Waals surface area contributed by atoms with Crippen LogP contribution in [0.4, 0.5) is 22.7 Å². The first-order valence-corrected chi connectivity index (χ1v) is 11.6. The van der Waals surface area contributed by atoms with E-state index in [2.05, 4.69) is 15.5 Å². The average molecular weight is 518 g/mol. The summed E-state index contributed by atoms with van der Waals surface area (Å²) in [6.45, 7) is 3.27. The van der Waals surface area contributed by atoms with Crippen LogP contribution in [0.25, 0.3) is 0 Å². The summed E-state index contributed by atoms with van der Waals surface area (Å²) < 4.78 is 10.4. The number of Topliss-reactive ketones (excluding diaryl/α,β-unsaturated/α-hetero) is 1. The Hall–Kier alpha value is -4.65. The van der Waals surface area contributed by atoms with Crippen molar-refractivity contribution in [3.63, 3.8) is 0 Å². The molecule has 0 unspecified atom stereocenters. The summed E-state index contributed by atoms with van der Waals surface area (Å²) in [4.78, 5) is 40.5. The first-order chi connectivity index (χ1) is 18.2. The van der Waals surface area contributed by atoms with Gasteiger partial charge in [0.1, 0.15) is 23.5 Å². The molecule has 12 heteroatoms. The van der Waals surface area contributed by atoms with Crippen LogP contribution in [-0.2, 0) is 14.3 Å². The number of nitrogens with one attached hydrogen (secondary N) is 1. The Bertz CT molecular complexity index is 1370. The molecule has 0 bridgehead atoms. The van der Waals surface area contributed by atoms with Crippen LogP contribution in [0.1, 0.15) is 38.8 Å². The second-order valence-electron chi connectivity index (χ2n) is 8.43. The van der Waals surface area contributed by atoms with E-state index in [1.54, 1.807) is 32.4 Å². The van der Waals surface area contributed by atoms with E-state index in [4.69, 9.17) is 9.47 Å². The molecule has 1 N–H and O–H groups in total. The summed E-state index contributed by atoms with van der Waals surface area (Å²) in [5, 5.41) is 30.7. The standard InChI is InChI=1S/C26H27N7O5/c1-16(34)29-22-12-18(33(7-9-37-3)8-10-38-4)5-6-21(22)30-31-25-17(13-27)11-19-24(20(25)14-28)23(35)15-32(2)26(19)36/h5-6,11-12H,7-10,15H2,1-4H3,(H,29,34). The van der Waals surface area contributed by atoms with Crippen molar-refractivity contribution in [1.29, 1.82) is 10.5 Å². The molecule has 0 radical (unpaired) electrons. The third-order valence-electron chi connectivity index (χ3n) is 5.81. The van der Waals surface area contributed by atoms with E-state index in [1.807, 2.05) is 17.0 Å². The fourth-order valence-corrected chi connectivity index (χ4v) is 3.98. The van der Waals surface area contributed by atoms with E-state index in [9.17, 15) is 24.9 Å². The molecule has 0 spiro atoms. The molecule has 0 fully saturated rings. The molecule has 2 aromatic carbocycles. The maximum atomic E-state index is 12.7. The number of carbonyl (C=O) groups excluding carboxylic acids is 3. The number of methoxy groups -OCH3 is 2. The van der Waals surface area contributed by atoms with Gasteiger partial charge in [0.15, 0.2) is 5.78 Å². The summed E-state index contributed by atoms with van der Waals surface area (Å²) in [6, 6.07) is 10.2. The van der Waals surface area contributed by atoms with Gasteiger partial charge >= 0.3 is 0 Å². The van der Waals surface area contributed by atoms with Gasteiger partial charge in [-0.3, -0.25) is 14.4 Å². The molecule has 38 heavy (non-hydrogen) atoms. The van der Waals surface area contributed by atoms with Gasteiger partial charge in [-0.05, 0) is 24.3 Å². The van der Waals surface area contributed by atoms with Crippen molar-refractivity contribution >= 4 is 40.3 Å². The number of ketones is 1. The Morgan fingerprint density at radius 2 is 1.79 bits per heavy atom. The van der Waals surface area contributed by atoms with Gasteiger partial charge in [0.05, 0.1) is 47.7 Å². The third-order valence-corrected chi connectivity index (χ3v) is 5.81. The van der Waals surface area contributed by atoms with Crippen LogP contribution < -0.4 is 10.2 Å². The van der Waals surface area contributed by atoms with Crippen LogP contribution in [0.5, 0.6) is 0 Å². The average Bonchev–Trinajstić information content (AvgIpc) is 2.90. The van der Waals surface area contributed by atoms with Crippen LogP contribution in [0.15, 0.2) is 34.5 Å². The Morgan fingerprint density at radius 1 is 1.11 bits per heavy atom. The minimum absolute atomic E-state index is 0.0219. The molecule has 1 aliphatic heterocycles. The topological polar surface area (TPSA) is 160 Å². The number of azo groups is 1. The van der Waals surface area contributed by atoms with Gasteiger partial charge in [-0.2, -0.15) is 10.5 Å². The first kappa shape index (κ1) is 27.9. The SMILES string of the molecule is COCCN(CCOC)c1ccc(N=Nc2c(C#N)cc3c(c2C#N)C(=O)CN(C)C3=O)c(NC(C)=O)c1. The van der Waals surface area contributed by atoms with Gasteiger partial charge in [-0.15, -0.1) is 10.2 Å². The number of likely N-dealkylation sites (N-methyl/N-ethyl adjacent to an activating group) is 1. The van der Waals surface area contributed by atoms with Crippen LogP contribution in [0.3, 0.4) is 0 Å². The molecule has 0 saturated carbocycles. The van der Waals surface area contributed by atoms with E-state index in [0.29, 0.717) is 32.0 Å². The summed E-state index contributed by atoms with van der Waals surface area (Å²) in [5.41, 5.74) is 0.884. The lowest BCUT2D eigenvalue weighted by Gasteiger charge is -2.25. The smallest absolute Gasteiger partial charge is 0.254 e. The molecule has 0 aliphatic carbocycles. The predicted molar refractivity (Wildman–Crippen MR) is 138 cm³/mol. The molecule has 2 aromatic rings. The van der Waals surface area contributed by atoms with E-state index >= 15 is 0 Å². The number of nitrogens with zero attached hydrogens (tertiary/aromatic N) is 6. The van der Waals surface area contributed by atoms with Crippen LogP contribution >= 0.6 is 0 Å². The highest BCUT2D eigenvalue weighted by Gasteiger charge is 2.33. The van der Waals surface area contributed by atoms with Crippen molar-refractivity contribution in [3.8, 4) is 12.1 Å². The number of ether oxygens (including phenoxy) is 2. The molecule has 1 aliphatic rings. The number of nitriles is 2. The van der Waals surface area contributed by atoms with Gasteiger partial charge in [0.2, 0.25) is 5.91 Å². The second kappa shape index (κ2) is 12.5. The monoisotopic (exact) mass is 517 g/mol. The summed E-state index contributed by atoms with van der Waals surface area (Å²) >= 11 is 0. The zero-order valence-corrected chi connectivity index (χ0v) is 21.6. The van der Waals surface area contributed by atoms with Gasteiger partial charge in [-0.1, -0.05) is 0 Å². The minimum atomic E-state index is -0.467. The molecule has 0 saturated heterocycles. The normalized spacial score (nSPS) is 12.7. The summed E-state index contributed by atoms with van der Waals surface area (Å²) in [6.07, 6.45) is 0. The van der Waals surface area contributed by atoms with Crippen molar-refractivity contribution in [3.05, 3.63) is 46.5 Å². The molecule has 2 amide bonds. The molecule has 0 aromatic heterocycles. The van der Waals surface area contributed by atoms with Crippen LogP contribution in [0, 0.1) is 22.7 Å². The van der Waals surface area contributed by atoms with Gasteiger partial charge in [0.25, 0.3) is 5.91 Å². The zero-order chi connectivity index (χ0) is 27.8. The quantitative estimate of drug-likeness (QED) is 0.470. The maximum absolute atomic E-state index is 12.7. The number of hydrogen-bond donors (Lipinski definition) is 1. The zero-order valence-electron chi connectivity index (χ0n) is 21.6. The highest BCUT2D eigenvalue weighted by molar-refractivity contribution is 6.16. The van der Waals surface area contributed by atoms with Crippen molar-refractivity contribution in [2.75, 3.05) is 64.3 Å². The molecule has 1 heterocycles. The van der Waals surface area contributed by atoms with Gasteiger partial charge in [0, 0.05) is 47.0 Å². The Balaban J connectivity index is 2.10. The summed E-state index contributed by atoms with van der Waals surface area (Å²) in [5.74, 6) is -1.24. The fraction of sp³-hybridized carbons (Fsp3) is 0.346. The van der Waals surface area contributed by atoms with Crippen molar-refractivity contribution < 1.29 is 23.9 Å². The lowest BCUT2D eigenvalue weighted by molar-refractivity contribution is -0.114. The number of anilines is 2. The molecule has 12 nitrogen and oxygen atoms in total. The highest BCUT2D eigenvalue weighted by Crippen LogP contribution is 2.36. The molecular weight excluding hydrogens is 490 g/mol. The lowest BCUT2D eigenvalue weighted by Crippen LogP contribution is -2.38. The number of rotatable bonds is 10. The third kappa shape index (κ3) is 6.00. The highest BCUT2D eigenvalue weighted by atomic mass is 16.5. The largest absolute Gasteiger partial charge is 0.383 e. The molecule has 3 rings (SSSR count).